The summed E-state index contributed by atoms with van der Waals surface area (Å²) in [5, 5.41) is 45.1. The molecule has 0 saturated heterocycles. The summed E-state index contributed by atoms with van der Waals surface area (Å²) in [5.74, 6) is 1.20. The number of aryl methyl sites for hydroxylation is 1. The van der Waals surface area contributed by atoms with E-state index in [-0.39, 0.29) is 35.5 Å². The molecule has 2 aliphatic rings. The van der Waals surface area contributed by atoms with Crippen LogP contribution >= 0.6 is 0 Å². The molecule has 68 heavy (non-hydrogen) atoms. The van der Waals surface area contributed by atoms with Gasteiger partial charge in [-0.2, -0.15) is 20.7 Å². The average Bonchev–Trinajstić information content (AvgIpc) is 4.30. The zero-order valence-electron chi connectivity index (χ0n) is 37.8. The highest BCUT2D eigenvalue weighted by Gasteiger charge is 2.31. The van der Waals surface area contributed by atoms with Crippen molar-refractivity contribution in [1.29, 1.82) is 10.5 Å². The minimum atomic E-state index is -0.318. The molecule has 2 aliphatic carbocycles. The number of pyridine rings is 2. The topological polar surface area (TPSA) is 279 Å². The molecule has 4 aromatic heterocycles. The van der Waals surface area contributed by atoms with Crippen molar-refractivity contribution in [3.05, 3.63) is 109 Å². The number of nitrogens with one attached hydrogen (secondary N) is 7. The maximum atomic E-state index is 12.5. The molecule has 0 spiro atoms. The molecule has 2 saturated carbocycles. The van der Waals surface area contributed by atoms with Crippen molar-refractivity contribution in [3.63, 3.8) is 0 Å². The van der Waals surface area contributed by atoms with Gasteiger partial charge in [0.15, 0.2) is 11.5 Å². The van der Waals surface area contributed by atoms with Crippen LogP contribution in [0.4, 0.5) is 34.4 Å². The Morgan fingerprint density at radius 1 is 0.779 bits per heavy atom. The summed E-state index contributed by atoms with van der Waals surface area (Å²) in [6, 6.07) is 22.0. The van der Waals surface area contributed by atoms with E-state index in [2.05, 4.69) is 69.8 Å². The molecule has 4 heterocycles. The number of hydrogen-bond acceptors (Lipinski definition) is 14. The van der Waals surface area contributed by atoms with Crippen molar-refractivity contribution in [2.24, 2.45) is 11.8 Å². The fourth-order valence-corrected chi connectivity index (χ4v) is 6.65. The van der Waals surface area contributed by atoms with E-state index in [0.29, 0.717) is 75.7 Å². The summed E-state index contributed by atoms with van der Waals surface area (Å²) >= 11 is 0. The second-order valence-corrected chi connectivity index (χ2v) is 15.1. The molecule has 0 bridgehead atoms. The highest BCUT2D eigenvalue weighted by Crippen LogP contribution is 2.40. The Bertz CT molecular complexity index is 2860. The molecule has 4 amide bonds. The maximum absolute atomic E-state index is 12.5. The zero-order chi connectivity index (χ0) is 48.6. The molecule has 2 aromatic carbocycles. The summed E-state index contributed by atoms with van der Waals surface area (Å²) in [6.07, 6.45) is 11.4. The first kappa shape index (κ1) is 48.4. The number of ether oxygens (including phenoxy) is 2. The molecule has 0 aliphatic heterocycles. The second kappa shape index (κ2) is 23.2. The fraction of sp³-hybridized carbons (Fsp3) is 0.250. The van der Waals surface area contributed by atoms with Crippen LogP contribution in [0.5, 0.6) is 11.5 Å². The molecule has 7 N–H and O–H groups in total. The van der Waals surface area contributed by atoms with Crippen LogP contribution in [0.15, 0.2) is 98.1 Å². The van der Waals surface area contributed by atoms with Gasteiger partial charge in [-0.25, -0.2) is 9.97 Å². The lowest BCUT2D eigenvalue weighted by Crippen LogP contribution is -2.20. The number of amides is 4. The molecular weight excluding hydrogens is 869 g/mol. The van der Waals surface area contributed by atoms with Crippen LogP contribution < -0.4 is 41.4 Å². The summed E-state index contributed by atoms with van der Waals surface area (Å²) in [5.41, 5.74) is 5.95. The quantitative estimate of drug-likeness (QED) is 0.0484. The predicted octanol–water partition coefficient (Wildman–Crippen LogP) is 6.95. The normalized spacial score (nSPS) is 12.1. The van der Waals surface area contributed by atoms with Gasteiger partial charge in [-0.15, -0.1) is 0 Å². The number of benzene rings is 2. The molecule has 0 radical (unpaired) electrons. The highest BCUT2D eigenvalue weighted by molar-refractivity contribution is 6.03. The van der Waals surface area contributed by atoms with E-state index in [0.717, 1.165) is 42.5 Å². The molecule has 348 valence electrons. The first-order valence-electron chi connectivity index (χ1n) is 21.4. The number of nitrogens with zero attached hydrogens (tertiary/aromatic N) is 7. The SMILES string of the molecule is C=CC#N.CNC(=O)c1cnc(NC(=O)C2CC2)cc1Nc1cccc(-c2ccn(CCC#N)n2)c1OC.CNC(=O)c1cnc(NC(=O)C2CC2)cc1Nc1cccc(-c2ccn[nH]2)c1OC. The molecule has 0 unspecified atom stereocenters. The summed E-state index contributed by atoms with van der Waals surface area (Å²) in [7, 11) is 6.23. The molecule has 20 heteroatoms. The Morgan fingerprint density at radius 3 is 1.74 bits per heavy atom. The van der Waals surface area contributed by atoms with E-state index in [4.69, 9.17) is 20.0 Å². The number of nitriles is 2. The second-order valence-electron chi connectivity index (χ2n) is 15.1. The van der Waals surface area contributed by atoms with E-state index in [1.165, 1.54) is 18.5 Å². The lowest BCUT2D eigenvalue weighted by Gasteiger charge is -2.17. The van der Waals surface area contributed by atoms with Gasteiger partial charge in [-0.05, 0) is 62.1 Å². The first-order valence-corrected chi connectivity index (χ1v) is 21.4. The minimum Gasteiger partial charge on any atom is -0.494 e. The van der Waals surface area contributed by atoms with Crippen molar-refractivity contribution in [2.75, 3.05) is 49.6 Å². The zero-order valence-corrected chi connectivity index (χ0v) is 37.8. The van der Waals surface area contributed by atoms with E-state index in [1.807, 2.05) is 54.7 Å². The third-order valence-corrected chi connectivity index (χ3v) is 10.4. The molecule has 2 fully saturated rings. The van der Waals surface area contributed by atoms with Gasteiger partial charge in [0.1, 0.15) is 11.6 Å². The maximum Gasteiger partial charge on any atom is 0.254 e. The van der Waals surface area contributed by atoms with Gasteiger partial charge >= 0.3 is 0 Å². The van der Waals surface area contributed by atoms with Crippen molar-refractivity contribution in [1.82, 2.24) is 40.6 Å². The Morgan fingerprint density at radius 2 is 1.29 bits per heavy atom. The van der Waals surface area contributed by atoms with Gasteiger partial charge in [0, 0.05) is 80.1 Å². The minimum absolute atomic E-state index is 0.0292. The smallest absolute Gasteiger partial charge is 0.254 e. The number of methoxy groups -OCH3 is 2. The predicted molar refractivity (Wildman–Crippen MR) is 255 cm³/mol. The monoisotopic (exact) mass is 918 g/mol. The van der Waals surface area contributed by atoms with E-state index in [9.17, 15) is 19.2 Å². The van der Waals surface area contributed by atoms with Crippen molar-refractivity contribution in [3.8, 4) is 46.2 Å². The lowest BCUT2D eigenvalue weighted by molar-refractivity contribution is -0.118. The molecule has 0 atom stereocenters. The van der Waals surface area contributed by atoms with Crippen molar-refractivity contribution in [2.45, 2.75) is 38.6 Å². The van der Waals surface area contributed by atoms with Gasteiger partial charge in [-0.1, -0.05) is 18.7 Å². The molecule has 6 aromatic rings. The average molecular weight is 919 g/mol. The van der Waals surface area contributed by atoms with Gasteiger partial charge in [0.2, 0.25) is 11.8 Å². The van der Waals surface area contributed by atoms with Crippen LogP contribution in [-0.4, -0.2) is 81.9 Å². The third kappa shape index (κ3) is 12.4. The number of rotatable bonds is 16. The van der Waals surface area contributed by atoms with Crippen LogP contribution in [0.2, 0.25) is 0 Å². The number of para-hydroxylation sites is 2. The Labute approximate surface area is 392 Å². The number of carbonyl (C=O) groups is 4. The Hall–Kier alpha value is -9.04. The summed E-state index contributed by atoms with van der Waals surface area (Å²) in [4.78, 5) is 57.6. The van der Waals surface area contributed by atoms with Gasteiger partial charge in [-0.3, -0.25) is 29.0 Å². The Kier molecular flexibility index (Phi) is 16.5. The van der Waals surface area contributed by atoms with Crippen LogP contribution in [0.3, 0.4) is 0 Å². The van der Waals surface area contributed by atoms with Crippen molar-refractivity contribution < 1.29 is 28.7 Å². The van der Waals surface area contributed by atoms with Crippen LogP contribution in [0.1, 0.15) is 52.8 Å². The first-order chi connectivity index (χ1) is 33.0. The number of anilines is 6. The summed E-state index contributed by atoms with van der Waals surface area (Å²) in [6.45, 7) is 3.62. The highest BCUT2D eigenvalue weighted by atomic mass is 16.5. The van der Waals surface area contributed by atoms with Crippen LogP contribution in [-0.2, 0) is 16.1 Å². The fourth-order valence-electron chi connectivity index (χ4n) is 6.65. The van der Waals surface area contributed by atoms with E-state index < -0.39 is 0 Å². The Balaban J connectivity index is 0.000000209. The summed E-state index contributed by atoms with van der Waals surface area (Å²) < 4.78 is 13.1. The van der Waals surface area contributed by atoms with Crippen LogP contribution in [0.25, 0.3) is 22.5 Å². The number of allylic oxidation sites excluding steroid dienone is 1. The van der Waals surface area contributed by atoms with E-state index in [1.54, 1.807) is 57.4 Å². The van der Waals surface area contributed by atoms with Crippen LogP contribution in [0, 0.1) is 34.5 Å². The molecule has 8 rings (SSSR count). The molecular formula is C48H50N14O6. The lowest BCUT2D eigenvalue weighted by atomic mass is 10.1. The standard InChI is InChI=1S/C24H25N7O3.C21H22N6O3.C3H3N/c1-26-24(33)17-14-27-21(29-23(32)15-7-8-15)13-20(17)28-19-6-3-5-16(22(19)34-2)18-9-12-31(30-18)11-4-10-25;1-22-21(29)14-11-23-18(26-20(28)12-6-7-12)10-17(14)25-16-5-3-4-13(19(16)30-2)15-8-9-24-27-15;1-2-3-4/h3,5-6,9,12-15H,4,7-8,11H2,1-2H3,(H,26,33)(H2,27,28,29,32);3-5,8-12H,6-7H2,1-2H3,(H,22,29)(H,24,27)(H2,23,25,26,28);2H,1H2. The number of hydrogen-bond donors (Lipinski definition) is 7. The largest absolute Gasteiger partial charge is 0.494 e. The number of carbonyl (C=O) groups excluding carboxylic acids is 4. The third-order valence-electron chi connectivity index (χ3n) is 10.4. The number of aromatic nitrogens is 6. The number of H-pyrrole nitrogens is 1. The van der Waals surface area contributed by atoms with Crippen molar-refractivity contribution >= 4 is 58.0 Å². The van der Waals surface area contributed by atoms with Gasteiger partial charge < -0.3 is 41.4 Å². The molecule has 20 nitrogen and oxygen atoms in total. The number of aromatic amines is 1. The van der Waals surface area contributed by atoms with E-state index >= 15 is 0 Å². The van der Waals surface area contributed by atoms with Gasteiger partial charge in [0.05, 0.1) is 84.6 Å². The van der Waals surface area contributed by atoms with Gasteiger partial charge in [0.25, 0.3) is 11.8 Å².